The maximum Gasteiger partial charge on any atom is 0.494 e. The van der Waals surface area contributed by atoms with E-state index in [1.807, 2.05) is 13.8 Å². The molecule has 132 valence electrons. The number of benzene rings is 1. The molecule has 2 aliphatic rings. The predicted octanol–water partition coefficient (Wildman–Crippen LogP) is 2.96. The molecule has 5 heteroatoms. The van der Waals surface area contributed by atoms with Gasteiger partial charge in [-0.3, -0.25) is 0 Å². The first-order chi connectivity index (χ1) is 10.9. The second kappa shape index (κ2) is 5.23. The number of aliphatic hydroxyl groups excluding tert-OH is 1. The number of nitrogens with one attached hydrogen (secondary N) is 1. The number of anilines is 1. The summed E-state index contributed by atoms with van der Waals surface area (Å²) in [4.78, 5) is 0. The third-order valence-electron chi connectivity index (χ3n) is 6.06. The third-order valence-corrected chi connectivity index (χ3v) is 6.06. The standard InChI is InChI=1S/C19H30BNO3/c1-11-9-13(20-23-18(5,6)19(7,8)24-20)10-14-12(2)16(22)17(3,4)21-15(11)14/h9-10,12,16,21-22H,1-8H3/t12-,16+/m1/s1. The van der Waals surface area contributed by atoms with Crippen LogP contribution in [-0.4, -0.2) is 35.1 Å². The molecule has 0 spiro atoms. The van der Waals surface area contributed by atoms with Crippen LogP contribution in [0.5, 0.6) is 0 Å². The van der Waals surface area contributed by atoms with Gasteiger partial charge in [0.25, 0.3) is 0 Å². The minimum Gasteiger partial charge on any atom is -0.399 e. The summed E-state index contributed by atoms with van der Waals surface area (Å²) < 4.78 is 12.4. The molecule has 0 bridgehead atoms. The first-order valence-corrected chi connectivity index (χ1v) is 8.82. The van der Waals surface area contributed by atoms with Gasteiger partial charge in [0.2, 0.25) is 0 Å². The normalized spacial score (nSPS) is 30.0. The minimum absolute atomic E-state index is 0.0531. The van der Waals surface area contributed by atoms with Crippen molar-refractivity contribution in [3.05, 3.63) is 23.3 Å². The second-order valence-corrected chi connectivity index (χ2v) is 8.97. The second-order valence-electron chi connectivity index (χ2n) is 8.97. The lowest BCUT2D eigenvalue weighted by atomic mass is 9.72. The van der Waals surface area contributed by atoms with Crippen LogP contribution >= 0.6 is 0 Å². The Morgan fingerprint density at radius 2 is 1.58 bits per heavy atom. The molecule has 1 saturated heterocycles. The van der Waals surface area contributed by atoms with E-state index in [1.54, 1.807) is 0 Å². The van der Waals surface area contributed by atoms with Crippen LogP contribution in [0.2, 0.25) is 0 Å². The summed E-state index contributed by atoms with van der Waals surface area (Å²) in [5.41, 5.74) is 3.38. The molecule has 1 fully saturated rings. The third kappa shape index (κ3) is 2.58. The summed E-state index contributed by atoms with van der Waals surface area (Å²) in [6.07, 6.45) is -0.446. The molecule has 3 rings (SSSR count). The van der Waals surface area contributed by atoms with Crippen LogP contribution in [0, 0.1) is 6.92 Å². The highest BCUT2D eigenvalue weighted by Crippen LogP contribution is 2.41. The Morgan fingerprint density at radius 1 is 1.04 bits per heavy atom. The molecule has 2 heterocycles. The number of aryl methyl sites for hydroxylation is 1. The molecular formula is C19H30BNO3. The summed E-state index contributed by atoms with van der Waals surface area (Å²) in [6, 6.07) is 4.26. The van der Waals surface area contributed by atoms with Crippen LogP contribution in [0.15, 0.2) is 12.1 Å². The molecule has 0 saturated carbocycles. The predicted molar refractivity (Wildman–Crippen MR) is 99.0 cm³/mol. The molecule has 1 aromatic carbocycles. The summed E-state index contributed by atoms with van der Waals surface area (Å²) >= 11 is 0. The van der Waals surface area contributed by atoms with Crippen molar-refractivity contribution in [3.63, 3.8) is 0 Å². The number of hydrogen-bond acceptors (Lipinski definition) is 4. The number of hydrogen-bond donors (Lipinski definition) is 2. The van der Waals surface area contributed by atoms with Gasteiger partial charge in [0.15, 0.2) is 0 Å². The summed E-state index contributed by atoms with van der Waals surface area (Å²) in [7, 11) is -0.377. The fourth-order valence-corrected chi connectivity index (χ4v) is 3.68. The molecule has 0 aliphatic carbocycles. The van der Waals surface area contributed by atoms with Gasteiger partial charge in [0, 0.05) is 11.6 Å². The van der Waals surface area contributed by atoms with Gasteiger partial charge in [-0.05, 0) is 65.1 Å². The minimum atomic E-state index is -0.446. The van der Waals surface area contributed by atoms with E-state index in [0.717, 1.165) is 22.3 Å². The fraction of sp³-hybridized carbons (Fsp3) is 0.684. The average Bonchev–Trinajstić information content (AvgIpc) is 2.66. The Kier molecular flexibility index (Phi) is 3.87. The maximum atomic E-state index is 10.6. The Bertz CT molecular complexity index is 653. The van der Waals surface area contributed by atoms with Gasteiger partial charge in [-0.15, -0.1) is 0 Å². The lowest BCUT2D eigenvalue weighted by molar-refractivity contribution is 0.00578. The first-order valence-electron chi connectivity index (χ1n) is 8.82. The van der Waals surface area contributed by atoms with Crippen LogP contribution in [0.1, 0.15) is 65.5 Å². The van der Waals surface area contributed by atoms with Crippen molar-refractivity contribution in [2.45, 2.75) is 84.2 Å². The van der Waals surface area contributed by atoms with Gasteiger partial charge in [-0.1, -0.05) is 19.1 Å². The van der Waals surface area contributed by atoms with Gasteiger partial charge >= 0.3 is 7.12 Å². The topological polar surface area (TPSA) is 50.7 Å². The zero-order valence-corrected chi connectivity index (χ0v) is 16.2. The molecule has 1 aromatic rings. The highest BCUT2D eigenvalue weighted by molar-refractivity contribution is 6.62. The van der Waals surface area contributed by atoms with Crippen LogP contribution in [-0.2, 0) is 9.31 Å². The van der Waals surface area contributed by atoms with Gasteiger partial charge in [-0.25, -0.2) is 0 Å². The lowest BCUT2D eigenvalue weighted by Crippen LogP contribution is -2.50. The molecule has 0 radical (unpaired) electrons. The Hall–Kier alpha value is -1.04. The quantitative estimate of drug-likeness (QED) is 0.777. The zero-order chi connectivity index (χ0) is 18.1. The molecule has 4 nitrogen and oxygen atoms in total. The highest BCUT2D eigenvalue weighted by Gasteiger charge is 2.52. The summed E-state index contributed by atoms with van der Waals surface area (Å²) in [5, 5.41) is 14.1. The number of rotatable bonds is 1. The number of fused-ring (bicyclic) bond motifs is 1. The van der Waals surface area contributed by atoms with E-state index in [0.29, 0.717) is 0 Å². The van der Waals surface area contributed by atoms with E-state index in [9.17, 15) is 5.11 Å². The van der Waals surface area contributed by atoms with E-state index in [4.69, 9.17) is 9.31 Å². The van der Waals surface area contributed by atoms with Gasteiger partial charge in [-0.2, -0.15) is 0 Å². The van der Waals surface area contributed by atoms with E-state index in [2.05, 4.69) is 59.0 Å². The van der Waals surface area contributed by atoms with Crippen LogP contribution < -0.4 is 10.8 Å². The first kappa shape index (κ1) is 17.8. The van der Waals surface area contributed by atoms with Gasteiger partial charge in [0.1, 0.15) is 0 Å². The fourth-order valence-electron chi connectivity index (χ4n) is 3.68. The van der Waals surface area contributed by atoms with Crippen LogP contribution in [0.3, 0.4) is 0 Å². The highest BCUT2D eigenvalue weighted by atomic mass is 16.7. The van der Waals surface area contributed by atoms with Crippen molar-refractivity contribution in [2.75, 3.05) is 5.32 Å². The molecule has 2 N–H and O–H groups in total. The molecule has 2 atom stereocenters. The van der Waals surface area contributed by atoms with Crippen molar-refractivity contribution >= 4 is 18.3 Å². The van der Waals surface area contributed by atoms with E-state index >= 15 is 0 Å². The monoisotopic (exact) mass is 331 g/mol. The van der Waals surface area contributed by atoms with Crippen LogP contribution in [0.4, 0.5) is 5.69 Å². The molecule has 2 aliphatic heterocycles. The lowest BCUT2D eigenvalue weighted by Gasteiger charge is -2.43. The van der Waals surface area contributed by atoms with Crippen molar-refractivity contribution in [3.8, 4) is 0 Å². The average molecular weight is 331 g/mol. The molecule has 0 amide bonds. The summed E-state index contributed by atoms with van der Waals surface area (Å²) in [5.74, 6) is 0.0531. The zero-order valence-electron chi connectivity index (χ0n) is 16.2. The number of aliphatic hydroxyl groups is 1. The van der Waals surface area contributed by atoms with Crippen LogP contribution in [0.25, 0.3) is 0 Å². The van der Waals surface area contributed by atoms with E-state index in [-0.39, 0.29) is 29.8 Å². The smallest absolute Gasteiger partial charge is 0.399 e. The Balaban J connectivity index is 2.02. The molecular weight excluding hydrogens is 301 g/mol. The largest absolute Gasteiger partial charge is 0.494 e. The molecule has 24 heavy (non-hydrogen) atoms. The van der Waals surface area contributed by atoms with Crippen molar-refractivity contribution in [1.29, 1.82) is 0 Å². The van der Waals surface area contributed by atoms with Gasteiger partial charge in [0.05, 0.1) is 22.8 Å². The van der Waals surface area contributed by atoms with Crippen molar-refractivity contribution < 1.29 is 14.4 Å². The Morgan fingerprint density at radius 3 is 2.12 bits per heavy atom. The van der Waals surface area contributed by atoms with Crippen molar-refractivity contribution in [1.82, 2.24) is 0 Å². The summed E-state index contributed by atoms with van der Waals surface area (Å²) in [6.45, 7) is 16.5. The molecule has 0 aromatic heterocycles. The Labute approximate surface area is 146 Å². The van der Waals surface area contributed by atoms with E-state index < -0.39 is 6.10 Å². The molecule has 0 unspecified atom stereocenters. The SMILES string of the molecule is Cc1cc(B2OC(C)(C)C(C)(C)O2)cc2c1NC(C)(C)[C@@H](O)[C@@H]2C. The van der Waals surface area contributed by atoms with Crippen molar-refractivity contribution in [2.24, 2.45) is 0 Å². The maximum absolute atomic E-state index is 10.6. The van der Waals surface area contributed by atoms with Gasteiger partial charge < -0.3 is 19.7 Å². The van der Waals surface area contributed by atoms with E-state index in [1.165, 1.54) is 0 Å².